The van der Waals surface area contributed by atoms with Gasteiger partial charge in [-0.25, -0.2) is 0 Å². The molecule has 0 aromatic rings. The van der Waals surface area contributed by atoms with Crippen LogP contribution in [-0.2, 0) is 0 Å². The van der Waals surface area contributed by atoms with Crippen molar-refractivity contribution in [3.63, 3.8) is 0 Å². The van der Waals surface area contributed by atoms with E-state index in [-0.39, 0.29) is 0 Å². The molecule has 0 saturated heterocycles. The fourth-order valence-corrected chi connectivity index (χ4v) is 0.399. The van der Waals surface area contributed by atoms with Gasteiger partial charge in [0.15, 0.2) is 11.1 Å². The molecule has 0 amide bonds. The van der Waals surface area contributed by atoms with Gasteiger partial charge in [0, 0.05) is 0 Å². The van der Waals surface area contributed by atoms with Gasteiger partial charge in [-0.1, -0.05) is 0 Å². The minimum atomic E-state index is -1.35. The number of aliphatic hydroxyl groups is 2. The Hall–Kier alpha value is -1.50. The first-order valence-corrected chi connectivity index (χ1v) is 3.93. The number of nitriles is 2. The van der Waals surface area contributed by atoms with Gasteiger partial charge in [0.05, 0.1) is 25.4 Å². The zero-order valence-corrected chi connectivity index (χ0v) is 8.10. The second-order valence-corrected chi connectivity index (χ2v) is 3.29. The Morgan fingerprint density at radius 2 is 1.29 bits per heavy atom. The van der Waals surface area contributed by atoms with E-state index in [9.17, 15) is 0 Å². The van der Waals surface area contributed by atoms with Crippen molar-refractivity contribution in [1.82, 2.24) is 0 Å². The highest BCUT2D eigenvalue weighted by Crippen LogP contribution is 2.14. The van der Waals surface area contributed by atoms with Crippen molar-refractivity contribution < 1.29 is 10.2 Å². The zero-order chi connectivity index (χ0) is 11.2. The number of aliphatic hydroxyl groups excluding tert-OH is 2. The normalized spacial score (nSPS) is 19.3. The quantitative estimate of drug-likeness (QED) is 0.615. The number of hydrogen-bond donors (Lipinski definition) is 2. The lowest BCUT2D eigenvalue weighted by atomic mass is 10.1. The van der Waals surface area contributed by atoms with Crippen LogP contribution in [0.5, 0.6) is 0 Å². The van der Waals surface area contributed by atoms with Crippen LogP contribution in [0, 0.1) is 22.7 Å². The standard InChI is InChI=1S/C8H12N4O2/c1-7(3-9,5-13)11-12-8(2,4-10)6-14/h13-14H,5-6H2,1-2H3/t7-,8-/m1/s1. The van der Waals surface area contributed by atoms with E-state index in [0.717, 1.165) is 0 Å². The highest BCUT2D eigenvalue weighted by Gasteiger charge is 2.27. The van der Waals surface area contributed by atoms with Crippen molar-refractivity contribution >= 4 is 0 Å². The third-order valence-corrected chi connectivity index (χ3v) is 1.59. The molecule has 6 heteroatoms. The lowest BCUT2D eigenvalue weighted by Crippen LogP contribution is -2.28. The smallest absolute Gasteiger partial charge is 0.187 e. The maximum atomic E-state index is 8.81. The molecule has 0 bridgehead atoms. The van der Waals surface area contributed by atoms with Crippen LogP contribution >= 0.6 is 0 Å². The molecule has 0 saturated carbocycles. The first kappa shape index (κ1) is 12.5. The van der Waals surface area contributed by atoms with Crippen molar-refractivity contribution in [2.75, 3.05) is 13.2 Å². The van der Waals surface area contributed by atoms with Crippen molar-refractivity contribution in [3.8, 4) is 12.1 Å². The van der Waals surface area contributed by atoms with Gasteiger partial charge in [0.1, 0.15) is 0 Å². The minimum Gasteiger partial charge on any atom is -0.393 e. The molecule has 0 rings (SSSR count). The SMILES string of the molecule is C[C@@](C#N)(CO)N=N[C@](C)(C#N)CO. The number of rotatable bonds is 4. The molecule has 6 nitrogen and oxygen atoms in total. The van der Waals surface area contributed by atoms with Crippen LogP contribution in [0.15, 0.2) is 10.2 Å². The molecule has 2 N–H and O–H groups in total. The van der Waals surface area contributed by atoms with Gasteiger partial charge in [-0.2, -0.15) is 20.8 Å². The molecule has 0 aliphatic rings. The first-order valence-electron chi connectivity index (χ1n) is 3.93. The second-order valence-electron chi connectivity index (χ2n) is 3.29. The van der Waals surface area contributed by atoms with Gasteiger partial charge < -0.3 is 10.2 Å². The Balaban J connectivity index is 4.76. The first-order chi connectivity index (χ1) is 6.45. The Bertz CT molecular complexity index is 273. The summed E-state index contributed by atoms with van der Waals surface area (Å²) < 4.78 is 0. The molecule has 0 unspecified atom stereocenters. The van der Waals surface area contributed by atoms with E-state index in [1.165, 1.54) is 13.8 Å². The summed E-state index contributed by atoms with van der Waals surface area (Å²) in [7, 11) is 0. The van der Waals surface area contributed by atoms with Crippen LogP contribution in [0.2, 0.25) is 0 Å². The maximum absolute atomic E-state index is 8.81. The summed E-state index contributed by atoms with van der Waals surface area (Å²) in [5.41, 5.74) is -2.71. The van der Waals surface area contributed by atoms with E-state index in [4.69, 9.17) is 20.7 Å². The van der Waals surface area contributed by atoms with Crippen LogP contribution in [-0.4, -0.2) is 34.5 Å². The molecule has 0 spiro atoms. The van der Waals surface area contributed by atoms with E-state index in [1.807, 2.05) is 0 Å². The predicted octanol–water partition coefficient (Wildman–Crippen LogP) is -0.0122. The second kappa shape index (κ2) is 4.66. The average Bonchev–Trinajstić information content (AvgIpc) is 2.25. The lowest BCUT2D eigenvalue weighted by molar-refractivity contribution is 0.217. The largest absolute Gasteiger partial charge is 0.393 e. The number of azo groups is 1. The summed E-state index contributed by atoms with van der Waals surface area (Å²) in [5, 5.41) is 41.9. The fourth-order valence-electron chi connectivity index (χ4n) is 0.399. The molecule has 0 radical (unpaired) electrons. The van der Waals surface area contributed by atoms with E-state index >= 15 is 0 Å². The summed E-state index contributed by atoms with van der Waals surface area (Å²) in [6.07, 6.45) is 0. The lowest BCUT2D eigenvalue weighted by Gasteiger charge is -2.15. The molecule has 0 aromatic heterocycles. The molecule has 0 fully saturated rings. The zero-order valence-electron chi connectivity index (χ0n) is 8.10. The number of hydrogen-bond acceptors (Lipinski definition) is 6. The van der Waals surface area contributed by atoms with Crippen LogP contribution in [0.4, 0.5) is 0 Å². The summed E-state index contributed by atoms with van der Waals surface area (Å²) in [5.74, 6) is 0. The van der Waals surface area contributed by atoms with Gasteiger partial charge >= 0.3 is 0 Å². The Morgan fingerprint density at radius 1 is 1.00 bits per heavy atom. The van der Waals surface area contributed by atoms with Crippen LogP contribution in [0.25, 0.3) is 0 Å². The Morgan fingerprint density at radius 3 is 1.43 bits per heavy atom. The van der Waals surface area contributed by atoms with E-state index < -0.39 is 24.3 Å². The highest BCUT2D eigenvalue weighted by atomic mass is 16.3. The Labute approximate surface area is 82.1 Å². The topological polar surface area (TPSA) is 113 Å². The summed E-state index contributed by atoms with van der Waals surface area (Å²) in [6.45, 7) is 1.79. The third kappa shape index (κ3) is 3.09. The monoisotopic (exact) mass is 196 g/mol. The predicted molar refractivity (Wildman–Crippen MR) is 47.1 cm³/mol. The minimum absolute atomic E-state index is 0.486. The van der Waals surface area contributed by atoms with Crippen molar-refractivity contribution in [3.05, 3.63) is 0 Å². The molecule has 0 aliphatic heterocycles. The molecule has 0 aromatic carbocycles. The molecule has 0 heterocycles. The van der Waals surface area contributed by atoms with Crippen molar-refractivity contribution in [1.29, 1.82) is 10.5 Å². The molecular weight excluding hydrogens is 184 g/mol. The van der Waals surface area contributed by atoms with Crippen molar-refractivity contribution in [2.24, 2.45) is 10.2 Å². The van der Waals surface area contributed by atoms with Gasteiger partial charge in [-0.15, -0.1) is 0 Å². The Kier molecular flexibility index (Phi) is 4.16. The average molecular weight is 196 g/mol. The van der Waals surface area contributed by atoms with E-state index in [1.54, 1.807) is 12.1 Å². The molecular formula is C8H12N4O2. The molecule has 0 aliphatic carbocycles. The van der Waals surface area contributed by atoms with E-state index in [2.05, 4.69) is 10.2 Å². The maximum Gasteiger partial charge on any atom is 0.187 e. The molecule has 2 atom stereocenters. The summed E-state index contributed by atoms with van der Waals surface area (Å²) >= 11 is 0. The fraction of sp³-hybridized carbons (Fsp3) is 0.750. The highest BCUT2D eigenvalue weighted by molar-refractivity contribution is 5.07. The van der Waals surface area contributed by atoms with Crippen LogP contribution in [0.1, 0.15) is 13.8 Å². The molecule has 14 heavy (non-hydrogen) atoms. The van der Waals surface area contributed by atoms with E-state index in [0.29, 0.717) is 0 Å². The molecule has 76 valence electrons. The summed E-state index contributed by atoms with van der Waals surface area (Å²) in [4.78, 5) is 0. The third-order valence-electron chi connectivity index (χ3n) is 1.59. The van der Waals surface area contributed by atoms with Gasteiger partial charge in [0.2, 0.25) is 0 Å². The van der Waals surface area contributed by atoms with Crippen LogP contribution in [0.3, 0.4) is 0 Å². The van der Waals surface area contributed by atoms with Gasteiger partial charge in [-0.05, 0) is 13.8 Å². The van der Waals surface area contributed by atoms with Gasteiger partial charge in [-0.3, -0.25) is 0 Å². The van der Waals surface area contributed by atoms with Crippen molar-refractivity contribution in [2.45, 2.75) is 24.9 Å². The van der Waals surface area contributed by atoms with Crippen LogP contribution < -0.4 is 0 Å². The number of nitrogens with zero attached hydrogens (tertiary/aromatic N) is 4. The summed E-state index contributed by atoms with van der Waals surface area (Å²) in [6, 6.07) is 3.49. The van der Waals surface area contributed by atoms with Gasteiger partial charge in [0.25, 0.3) is 0 Å².